The lowest BCUT2D eigenvalue weighted by atomic mass is 9.88. The summed E-state index contributed by atoms with van der Waals surface area (Å²) in [5.41, 5.74) is 0.275. The second kappa shape index (κ2) is 11.0. The minimum Gasteiger partial charge on any atom is -0.352 e. The van der Waals surface area contributed by atoms with Crippen LogP contribution < -0.4 is 10.6 Å². The van der Waals surface area contributed by atoms with Crippen LogP contribution in [0.3, 0.4) is 0 Å². The van der Waals surface area contributed by atoms with E-state index in [9.17, 15) is 23.2 Å². The number of hydrogen-bond donors (Lipinski definition) is 2. The van der Waals surface area contributed by atoms with Crippen molar-refractivity contribution in [3.05, 3.63) is 71.3 Å². The van der Waals surface area contributed by atoms with Crippen molar-refractivity contribution >= 4 is 17.7 Å². The first kappa shape index (κ1) is 24.4. The highest BCUT2D eigenvalue weighted by molar-refractivity contribution is 5.98. The fraction of sp³-hybridized carbons (Fsp3) is 0.400. The zero-order valence-electron chi connectivity index (χ0n) is 18.8. The van der Waals surface area contributed by atoms with Crippen LogP contribution in [0.25, 0.3) is 0 Å². The van der Waals surface area contributed by atoms with Gasteiger partial charge in [0.25, 0.3) is 11.8 Å². The molecule has 176 valence electrons. The first-order valence-corrected chi connectivity index (χ1v) is 11.2. The van der Waals surface area contributed by atoms with Crippen molar-refractivity contribution in [3.63, 3.8) is 0 Å². The second-order valence-electron chi connectivity index (χ2n) is 8.39. The summed E-state index contributed by atoms with van der Waals surface area (Å²) < 4.78 is 27.3. The molecule has 0 aromatic heterocycles. The van der Waals surface area contributed by atoms with Gasteiger partial charge in [-0.2, -0.15) is 0 Å². The van der Waals surface area contributed by atoms with Crippen molar-refractivity contribution in [1.29, 1.82) is 0 Å². The summed E-state index contributed by atoms with van der Waals surface area (Å²) in [6.45, 7) is 4.60. The van der Waals surface area contributed by atoms with Crippen LogP contribution in [0.15, 0.2) is 48.5 Å². The lowest BCUT2D eigenvalue weighted by molar-refractivity contribution is -0.125. The molecule has 1 heterocycles. The molecule has 0 unspecified atom stereocenters. The number of benzene rings is 2. The summed E-state index contributed by atoms with van der Waals surface area (Å²) in [4.78, 5) is 40.1. The van der Waals surface area contributed by atoms with E-state index >= 15 is 0 Å². The van der Waals surface area contributed by atoms with E-state index in [4.69, 9.17) is 0 Å². The Balaban J connectivity index is 1.71. The van der Waals surface area contributed by atoms with E-state index in [1.54, 1.807) is 11.0 Å². The number of carbonyl (C=O) groups excluding carboxylic acids is 3. The minimum atomic E-state index is -0.853. The third-order valence-electron chi connectivity index (χ3n) is 6.08. The maximum Gasteiger partial charge on any atom is 0.254 e. The van der Waals surface area contributed by atoms with Crippen LogP contribution in [0.5, 0.6) is 0 Å². The average Bonchev–Trinajstić information content (AvgIpc) is 2.82. The van der Waals surface area contributed by atoms with Gasteiger partial charge in [0.05, 0.1) is 5.56 Å². The van der Waals surface area contributed by atoms with Gasteiger partial charge < -0.3 is 15.5 Å². The molecule has 0 bridgehead atoms. The number of amides is 3. The molecular formula is C25H29F2N3O3. The Morgan fingerprint density at radius 1 is 1.00 bits per heavy atom. The molecule has 3 rings (SSSR count). The highest BCUT2D eigenvalue weighted by atomic mass is 19.1. The molecule has 1 aliphatic rings. The molecule has 33 heavy (non-hydrogen) atoms. The largest absolute Gasteiger partial charge is 0.352 e. The first-order chi connectivity index (χ1) is 15.8. The van der Waals surface area contributed by atoms with Crippen LogP contribution in [0.4, 0.5) is 8.78 Å². The van der Waals surface area contributed by atoms with Crippen molar-refractivity contribution < 1.29 is 23.2 Å². The SMILES string of the molecule is CC[C@@H](C)NC(=O)[C@@H](NC(=O)c1ccccc1F)C1CCN(C(=O)c2ccc(F)cc2)CC1. The highest BCUT2D eigenvalue weighted by Gasteiger charge is 2.35. The Labute approximate surface area is 192 Å². The lowest BCUT2D eigenvalue weighted by Crippen LogP contribution is -2.55. The minimum absolute atomic E-state index is 0.0782. The van der Waals surface area contributed by atoms with Crippen LogP contribution in [0.1, 0.15) is 53.8 Å². The average molecular weight is 458 g/mol. The third kappa shape index (κ3) is 6.15. The molecule has 6 nitrogen and oxygen atoms in total. The molecule has 2 aromatic rings. The van der Waals surface area contributed by atoms with Gasteiger partial charge in [-0.15, -0.1) is 0 Å². The number of likely N-dealkylation sites (tertiary alicyclic amines) is 1. The van der Waals surface area contributed by atoms with E-state index in [1.807, 2.05) is 13.8 Å². The Morgan fingerprint density at radius 3 is 2.24 bits per heavy atom. The highest BCUT2D eigenvalue weighted by Crippen LogP contribution is 2.23. The first-order valence-electron chi connectivity index (χ1n) is 11.2. The maximum absolute atomic E-state index is 14.1. The van der Waals surface area contributed by atoms with Crippen molar-refractivity contribution in [3.8, 4) is 0 Å². The van der Waals surface area contributed by atoms with Crippen molar-refractivity contribution in [2.45, 2.75) is 45.2 Å². The number of piperidine rings is 1. The summed E-state index contributed by atoms with van der Waals surface area (Å²) in [5.74, 6) is -2.46. The summed E-state index contributed by atoms with van der Waals surface area (Å²) in [6.07, 6.45) is 1.70. The fourth-order valence-corrected chi connectivity index (χ4v) is 3.91. The maximum atomic E-state index is 14.1. The molecule has 0 spiro atoms. The third-order valence-corrected chi connectivity index (χ3v) is 6.08. The summed E-state index contributed by atoms with van der Waals surface area (Å²) in [6, 6.07) is 10.1. The molecule has 1 saturated heterocycles. The van der Waals surface area contributed by atoms with Crippen LogP contribution in [-0.4, -0.2) is 47.8 Å². The van der Waals surface area contributed by atoms with Crippen molar-refractivity contribution in [2.75, 3.05) is 13.1 Å². The normalized spacial score (nSPS) is 16.1. The smallest absolute Gasteiger partial charge is 0.254 e. The van der Waals surface area contributed by atoms with Gasteiger partial charge in [0.1, 0.15) is 17.7 Å². The second-order valence-corrected chi connectivity index (χ2v) is 8.39. The van der Waals surface area contributed by atoms with Crippen LogP contribution in [0.2, 0.25) is 0 Å². The van der Waals surface area contributed by atoms with Crippen LogP contribution >= 0.6 is 0 Å². The monoisotopic (exact) mass is 457 g/mol. The molecule has 0 saturated carbocycles. The van der Waals surface area contributed by atoms with Gasteiger partial charge in [0.15, 0.2) is 0 Å². The predicted molar refractivity (Wildman–Crippen MR) is 121 cm³/mol. The van der Waals surface area contributed by atoms with Gasteiger partial charge in [0.2, 0.25) is 5.91 Å². The van der Waals surface area contributed by atoms with Gasteiger partial charge in [0, 0.05) is 24.7 Å². The molecule has 2 atom stereocenters. The lowest BCUT2D eigenvalue weighted by Gasteiger charge is -2.36. The number of nitrogens with one attached hydrogen (secondary N) is 2. The molecule has 1 fully saturated rings. The Kier molecular flexibility index (Phi) is 8.14. The Bertz CT molecular complexity index is 989. The van der Waals surface area contributed by atoms with Crippen LogP contribution in [0, 0.1) is 17.6 Å². The quantitative estimate of drug-likeness (QED) is 0.668. The topological polar surface area (TPSA) is 78.5 Å². The molecule has 2 aromatic carbocycles. The number of carbonyl (C=O) groups is 3. The van der Waals surface area contributed by atoms with E-state index < -0.39 is 23.6 Å². The van der Waals surface area contributed by atoms with Crippen molar-refractivity contribution in [2.24, 2.45) is 5.92 Å². The Hall–Kier alpha value is -3.29. The van der Waals surface area contributed by atoms with Gasteiger partial charge in [-0.05, 0) is 68.5 Å². The number of halogens is 2. The van der Waals surface area contributed by atoms with Gasteiger partial charge >= 0.3 is 0 Å². The molecule has 1 aliphatic heterocycles. The number of nitrogens with zero attached hydrogens (tertiary/aromatic N) is 1. The molecule has 8 heteroatoms. The van der Waals surface area contributed by atoms with E-state index in [2.05, 4.69) is 10.6 Å². The zero-order chi connectivity index (χ0) is 24.0. The number of rotatable bonds is 7. The van der Waals surface area contributed by atoms with E-state index in [1.165, 1.54) is 42.5 Å². The molecule has 2 N–H and O–H groups in total. The van der Waals surface area contributed by atoms with E-state index in [-0.39, 0.29) is 29.3 Å². The summed E-state index contributed by atoms with van der Waals surface area (Å²) >= 11 is 0. The number of hydrogen-bond acceptors (Lipinski definition) is 3. The van der Waals surface area contributed by atoms with Crippen molar-refractivity contribution in [1.82, 2.24) is 15.5 Å². The zero-order valence-corrected chi connectivity index (χ0v) is 18.8. The van der Waals surface area contributed by atoms with E-state index in [0.29, 0.717) is 31.5 Å². The van der Waals surface area contributed by atoms with Gasteiger partial charge in [-0.3, -0.25) is 14.4 Å². The molecular weight excluding hydrogens is 428 g/mol. The molecule has 0 aliphatic carbocycles. The summed E-state index contributed by atoms with van der Waals surface area (Å²) in [5, 5.41) is 5.62. The van der Waals surface area contributed by atoms with Crippen LogP contribution in [-0.2, 0) is 4.79 Å². The standard InChI is InChI=1S/C25H29F2N3O3/c1-3-16(2)28-24(32)22(29-23(31)20-6-4-5-7-21(20)27)17-12-14-30(15-13-17)25(33)18-8-10-19(26)11-9-18/h4-11,16-17,22H,3,12-15H2,1-2H3,(H,28,32)(H,29,31)/t16-,22+/m1/s1. The molecule has 3 amide bonds. The Morgan fingerprint density at radius 2 is 1.64 bits per heavy atom. The fourth-order valence-electron chi connectivity index (χ4n) is 3.91. The molecule has 0 radical (unpaired) electrons. The predicted octanol–water partition coefficient (Wildman–Crippen LogP) is 3.53. The van der Waals surface area contributed by atoms with E-state index in [0.717, 1.165) is 6.42 Å². The van der Waals surface area contributed by atoms with Gasteiger partial charge in [-0.1, -0.05) is 19.1 Å². The summed E-state index contributed by atoms with van der Waals surface area (Å²) in [7, 11) is 0. The van der Waals surface area contributed by atoms with Gasteiger partial charge in [-0.25, -0.2) is 8.78 Å².